The summed E-state index contributed by atoms with van der Waals surface area (Å²) in [5, 5.41) is 7.45. The number of carbonyl (C=O) groups is 1. The minimum Gasteiger partial charge on any atom is -0.490 e. The number of nitrogens with zero attached hydrogens (tertiary/aromatic N) is 2. The van der Waals surface area contributed by atoms with E-state index in [1.54, 1.807) is 14.0 Å². The summed E-state index contributed by atoms with van der Waals surface area (Å²) in [6, 6.07) is 5.51. The van der Waals surface area contributed by atoms with Crippen LogP contribution in [-0.4, -0.2) is 28.9 Å². The third kappa shape index (κ3) is 3.19. The standard InChI is InChI=1S/C17H20ClN3O3/c1-10(19-17(22)15-11(2)20-21(3)16(15)18)12-5-6-13-14(9-12)24-8-4-7-23-13/h5-6,9-10H,4,7-8H2,1-3H3,(H,19,22)/t10-/m0/s1. The number of rotatable bonds is 3. The maximum atomic E-state index is 12.5. The maximum absolute atomic E-state index is 12.5. The van der Waals surface area contributed by atoms with Crippen molar-refractivity contribution in [3.05, 3.63) is 40.2 Å². The van der Waals surface area contributed by atoms with Crippen LogP contribution < -0.4 is 14.8 Å². The van der Waals surface area contributed by atoms with Crippen LogP contribution in [0.15, 0.2) is 18.2 Å². The Bertz CT molecular complexity index is 773. The number of carbonyl (C=O) groups excluding carboxylic acids is 1. The zero-order chi connectivity index (χ0) is 17.3. The number of hydrogen-bond acceptors (Lipinski definition) is 4. The first kappa shape index (κ1) is 16.6. The second-order valence-electron chi connectivity index (χ2n) is 5.83. The van der Waals surface area contributed by atoms with Crippen LogP contribution in [0, 0.1) is 6.92 Å². The van der Waals surface area contributed by atoms with E-state index in [2.05, 4.69) is 10.4 Å². The second-order valence-corrected chi connectivity index (χ2v) is 6.18. The Kier molecular flexibility index (Phi) is 4.66. The van der Waals surface area contributed by atoms with Gasteiger partial charge >= 0.3 is 0 Å². The molecule has 0 spiro atoms. The van der Waals surface area contributed by atoms with Crippen LogP contribution in [0.5, 0.6) is 11.5 Å². The molecule has 1 N–H and O–H groups in total. The Balaban J connectivity index is 1.78. The Hall–Kier alpha value is -2.21. The van der Waals surface area contributed by atoms with Crippen molar-refractivity contribution in [1.29, 1.82) is 0 Å². The van der Waals surface area contributed by atoms with Crippen molar-refractivity contribution >= 4 is 17.5 Å². The molecule has 0 saturated carbocycles. The van der Waals surface area contributed by atoms with Gasteiger partial charge in [0.1, 0.15) is 5.15 Å². The molecule has 24 heavy (non-hydrogen) atoms. The average Bonchev–Trinajstić information content (AvgIpc) is 2.72. The highest BCUT2D eigenvalue weighted by atomic mass is 35.5. The maximum Gasteiger partial charge on any atom is 0.256 e. The molecule has 0 saturated heterocycles. The van der Waals surface area contributed by atoms with Gasteiger partial charge in [-0.3, -0.25) is 9.48 Å². The summed E-state index contributed by atoms with van der Waals surface area (Å²) in [4.78, 5) is 12.5. The molecular formula is C17H20ClN3O3. The Labute approximate surface area is 145 Å². The van der Waals surface area contributed by atoms with E-state index in [-0.39, 0.29) is 11.9 Å². The number of amides is 1. The highest BCUT2D eigenvalue weighted by Crippen LogP contribution is 2.32. The van der Waals surface area contributed by atoms with E-state index in [0.717, 1.165) is 17.7 Å². The van der Waals surface area contributed by atoms with E-state index in [9.17, 15) is 4.79 Å². The summed E-state index contributed by atoms with van der Waals surface area (Å²) in [7, 11) is 1.71. The topological polar surface area (TPSA) is 65.4 Å². The molecule has 1 amide bonds. The number of halogens is 1. The monoisotopic (exact) mass is 349 g/mol. The molecule has 1 aliphatic heterocycles. The highest BCUT2D eigenvalue weighted by molar-refractivity contribution is 6.33. The van der Waals surface area contributed by atoms with Crippen LogP contribution in [0.3, 0.4) is 0 Å². The molecular weight excluding hydrogens is 330 g/mol. The van der Waals surface area contributed by atoms with Crippen molar-refractivity contribution in [3.8, 4) is 11.5 Å². The SMILES string of the molecule is Cc1nn(C)c(Cl)c1C(=O)N[C@@H](C)c1ccc2c(c1)OCCCO2. The van der Waals surface area contributed by atoms with Gasteiger partial charge in [0.15, 0.2) is 11.5 Å². The van der Waals surface area contributed by atoms with Gasteiger partial charge in [0, 0.05) is 13.5 Å². The fourth-order valence-electron chi connectivity index (χ4n) is 2.69. The highest BCUT2D eigenvalue weighted by Gasteiger charge is 2.21. The van der Waals surface area contributed by atoms with Crippen molar-refractivity contribution in [1.82, 2.24) is 15.1 Å². The quantitative estimate of drug-likeness (QED) is 0.925. The van der Waals surface area contributed by atoms with Crippen LogP contribution in [-0.2, 0) is 7.05 Å². The molecule has 2 heterocycles. The predicted molar refractivity (Wildman–Crippen MR) is 90.9 cm³/mol. The van der Waals surface area contributed by atoms with E-state index in [1.807, 2.05) is 25.1 Å². The fourth-order valence-corrected chi connectivity index (χ4v) is 2.95. The first-order chi connectivity index (χ1) is 11.5. The van der Waals surface area contributed by atoms with Crippen LogP contribution in [0.1, 0.15) is 41.0 Å². The van der Waals surface area contributed by atoms with Crippen molar-refractivity contribution < 1.29 is 14.3 Å². The molecule has 1 aromatic carbocycles. The van der Waals surface area contributed by atoms with E-state index in [1.165, 1.54) is 4.68 Å². The molecule has 6 nitrogen and oxygen atoms in total. The van der Waals surface area contributed by atoms with Crippen LogP contribution in [0.4, 0.5) is 0 Å². The molecule has 1 aromatic heterocycles. The molecule has 0 radical (unpaired) electrons. The summed E-state index contributed by atoms with van der Waals surface area (Å²) >= 11 is 6.15. The van der Waals surface area contributed by atoms with E-state index < -0.39 is 0 Å². The lowest BCUT2D eigenvalue weighted by atomic mass is 10.1. The number of aromatic nitrogens is 2. The number of hydrogen-bond donors (Lipinski definition) is 1. The fraction of sp³-hybridized carbons (Fsp3) is 0.412. The summed E-state index contributed by atoms with van der Waals surface area (Å²) in [6.07, 6.45) is 0.856. The number of benzene rings is 1. The van der Waals surface area contributed by atoms with Gasteiger partial charge in [-0.1, -0.05) is 17.7 Å². The smallest absolute Gasteiger partial charge is 0.256 e. The Morgan fingerprint density at radius 1 is 1.33 bits per heavy atom. The van der Waals surface area contributed by atoms with Crippen LogP contribution in [0.25, 0.3) is 0 Å². The van der Waals surface area contributed by atoms with Crippen molar-refractivity contribution in [2.24, 2.45) is 7.05 Å². The average molecular weight is 350 g/mol. The number of aryl methyl sites for hydroxylation is 2. The summed E-state index contributed by atoms with van der Waals surface area (Å²) < 4.78 is 12.8. The van der Waals surface area contributed by atoms with Crippen LogP contribution in [0.2, 0.25) is 5.15 Å². The zero-order valence-corrected chi connectivity index (χ0v) is 14.7. The Morgan fingerprint density at radius 3 is 2.71 bits per heavy atom. The minimum atomic E-state index is -0.245. The molecule has 0 bridgehead atoms. The summed E-state index contributed by atoms with van der Waals surface area (Å²) in [6.45, 7) is 4.95. The predicted octanol–water partition coefficient (Wildman–Crippen LogP) is 3.03. The van der Waals surface area contributed by atoms with Crippen LogP contribution >= 0.6 is 11.6 Å². The molecule has 7 heteroatoms. The van der Waals surface area contributed by atoms with Gasteiger partial charge in [0.05, 0.1) is 30.5 Å². The molecule has 3 rings (SSSR count). The first-order valence-corrected chi connectivity index (χ1v) is 8.24. The van der Waals surface area contributed by atoms with Gasteiger partial charge in [-0.2, -0.15) is 5.10 Å². The number of ether oxygens (including phenoxy) is 2. The van der Waals surface area contributed by atoms with Gasteiger partial charge in [-0.15, -0.1) is 0 Å². The minimum absolute atomic E-state index is 0.203. The molecule has 2 aromatic rings. The summed E-state index contributed by atoms with van der Waals surface area (Å²) in [5.41, 5.74) is 1.94. The van der Waals surface area contributed by atoms with Gasteiger partial charge in [0.2, 0.25) is 0 Å². The lowest BCUT2D eigenvalue weighted by Gasteiger charge is -2.16. The number of fused-ring (bicyclic) bond motifs is 1. The third-order valence-corrected chi connectivity index (χ3v) is 4.43. The summed E-state index contributed by atoms with van der Waals surface area (Å²) in [5.74, 6) is 1.20. The van der Waals surface area contributed by atoms with Crippen molar-refractivity contribution in [3.63, 3.8) is 0 Å². The van der Waals surface area contributed by atoms with Crippen molar-refractivity contribution in [2.45, 2.75) is 26.3 Å². The van der Waals surface area contributed by atoms with Gasteiger partial charge in [-0.25, -0.2) is 0 Å². The molecule has 128 valence electrons. The molecule has 1 atom stereocenters. The molecule has 1 aliphatic rings. The van der Waals surface area contributed by atoms with E-state index in [4.69, 9.17) is 21.1 Å². The Morgan fingerprint density at radius 2 is 2.04 bits per heavy atom. The second kappa shape index (κ2) is 6.73. The molecule has 0 aliphatic carbocycles. The lowest BCUT2D eigenvalue weighted by molar-refractivity contribution is 0.0939. The van der Waals surface area contributed by atoms with Gasteiger partial charge in [0.25, 0.3) is 5.91 Å². The first-order valence-electron chi connectivity index (χ1n) is 7.87. The van der Waals surface area contributed by atoms with Gasteiger partial charge < -0.3 is 14.8 Å². The normalized spacial score (nSPS) is 14.8. The zero-order valence-electron chi connectivity index (χ0n) is 13.9. The third-order valence-electron chi connectivity index (χ3n) is 4.00. The number of nitrogens with one attached hydrogen (secondary N) is 1. The molecule has 0 fully saturated rings. The van der Waals surface area contributed by atoms with Gasteiger partial charge in [-0.05, 0) is 31.5 Å². The van der Waals surface area contributed by atoms with E-state index >= 15 is 0 Å². The van der Waals surface area contributed by atoms with Crippen molar-refractivity contribution in [2.75, 3.05) is 13.2 Å². The van der Waals surface area contributed by atoms with E-state index in [0.29, 0.717) is 35.4 Å². The lowest BCUT2D eigenvalue weighted by Crippen LogP contribution is -2.27. The molecule has 0 unspecified atom stereocenters. The largest absolute Gasteiger partial charge is 0.490 e.